The fourth-order valence-electron chi connectivity index (χ4n) is 9.53. The van der Waals surface area contributed by atoms with Crippen LogP contribution in [0, 0.1) is 40.4 Å². The van der Waals surface area contributed by atoms with E-state index >= 15 is 0 Å². The van der Waals surface area contributed by atoms with Gasteiger partial charge >= 0.3 is 0 Å². The summed E-state index contributed by atoms with van der Waals surface area (Å²) in [5, 5.41) is 3.68. The summed E-state index contributed by atoms with van der Waals surface area (Å²) >= 11 is 0. The molecule has 0 radical (unpaired) electrons. The van der Waals surface area contributed by atoms with Gasteiger partial charge in [-0.05, 0) is 151 Å². The zero-order chi connectivity index (χ0) is 34.0. The largest absolute Gasteiger partial charge is 0.378 e. The van der Waals surface area contributed by atoms with E-state index in [0.29, 0.717) is 55.3 Å². The second-order valence-corrected chi connectivity index (χ2v) is 15.8. The van der Waals surface area contributed by atoms with Crippen molar-refractivity contribution in [1.29, 1.82) is 0 Å². The first-order valence-corrected chi connectivity index (χ1v) is 19.8. The lowest BCUT2D eigenvalue weighted by Gasteiger charge is -2.59. The maximum Gasteiger partial charge on any atom is 0.0637 e. The maximum absolute atomic E-state index is 7.00. The Hall–Kier alpha value is -0.280. The fourth-order valence-corrected chi connectivity index (χ4v) is 9.53. The van der Waals surface area contributed by atoms with Crippen LogP contribution in [0.1, 0.15) is 138 Å². The molecule has 274 valence electrons. The number of nitrogens with one attached hydrogen (secondary N) is 1. The Bertz CT molecular complexity index is 770. The molecule has 7 heteroatoms. The first-order chi connectivity index (χ1) is 22.2. The minimum atomic E-state index is 0.142. The molecule has 2 rings (SSSR count). The van der Waals surface area contributed by atoms with E-state index in [4.69, 9.17) is 31.4 Å². The third kappa shape index (κ3) is 11.9. The summed E-state index contributed by atoms with van der Waals surface area (Å²) in [5.74, 6) is 2.99. The molecule has 0 saturated heterocycles. The molecule has 2 aliphatic carbocycles. The van der Waals surface area contributed by atoms with Crippen molar-refractivity contribution in [1.82, 2.24) is 5.32 Å². The van der Waals surface area contributed by atoms with Gasteiger partial charge in [0.15, 0.2) is 0 Å². The van der Waals surface area contributed by atoms with Gasteiger partial charge in [0.25, 0.3) is 0 Å². The molecule has 0 heterocycles. The summed E-state index contributed by atoms with van der Waals surface area (Å²) in [7, 11) is 0. The molecular weight excluding hydrogens is 572 g/mol. The van der Waals surface area contributed by atoms with Crippen molar-refractivity contribution in [3.05, 3.63) is 0 Å². The molecule has 46 heavy (non-hydrogen) atoms. The third-order valence-electron chi connectivity index (χ3n) is 12.3. The Morgan fingerprint density at radius 3 is 2.11 bits per heavy atom. The van der Waals surface area contributed by atoms with Gasteiger partial charge in [-0.15, -0.1) is 0 Å². The van der Waals surface area contributed by atoms with Gasteiger partial charge in [0.05, 0.1) is 18.3 Å². The van der Waals surface area contributed by atoms with E-state index in [1.807, 2.05) is 0 Å². The van der Waals surface area contributed by atoms with Gasteiger partial charge < -0.3 is 36.7 Å². The van der Waals surface area contributed by atoms with Crippen LogP contribution in [0.3, 0.4) is 0 Å². The number of fused-ring (bicyclic) bond motifs is 1. The lowest BCUT2D eigenvalue weighted by Crippen LogP contribution is -2.58. The first kappa shape index (κ1) is 41.9. The molecule has 2 aliphatic rings. The summed E-state index contributed by atoms with van der Waals surface area (Å²) < 4.78 is 20.1. The molecule has 9 atom stereocenters. The predicted octanol–water partition coefficient (Wildman–Crippen LogP) is 7.29. The summed E-state index contributed by atoms with van der Waals surface area (Å²) in [6, 6.07) is 0. The molecule has 2 fully saturated rings. The number of hydrogen-bond acceptors (Lipinski definition) is 7. The van der Waals surface area contributed by atoms with Crippen molar-refractivity contribution >= 4 is 0 Å². The average Bonchev–Trinajstić information content (AvgIpc) is 3.40. The summed E-state index contributed by atoms with van der Waals surface area (Å²) in [5.41, 5.74) is 18.0. The van der Waals surface area contributed by atoms with Crippen LogP contribution in [0.5, 0.6) is 0 Å². The van der Waals surface area contributed by atoms with Crippen LogP contribution in [0.15, 0.2) is 0 Å². The molecular formula is C39H80N4O3. The highest BCUT2D eigenvalue weighted by molar-refractivity contribution is 5.11. The molecule has 0 bridgehead atoms. The van der Waals surface area contributed by atoms with E-state index in [9.17, 15) is 0 Å². The monoisotopic (exact) mass is 653 g/mol. The zero-order valence-electron chi connectivity index (χ0n) is 31.6. The molecule has 0 aromatic rings. The van der Waals surface area contributed by atoms with Crippen molar-refractivity contribution in [2.45, 2.75) is 157 Å². The lowest BCUT2D eigenvalue weighted by atomic mass is 9.49. The number of unbranched alkanes of at least 4 members (excludes halogenated alkanes) is 1. The number of nitrogens with two attached hydrogens (primary N) is 3. The topological polar surface area (TPSA) is 118 Å². The normalized spacial score (nSPS) is 28.7. The van der Waals surface area contributed by atoms with Crippen LogP contribution in [0.25, 0.3) is 0 Å². The van der Waals surface area contributed by atoms with Crippen molar-refractivity contribution in [3.8, 4) is 0 Å². The maximum atomic E-state index is 7.00. The molecule has 0 aliphatic heterocycles. The summed E-state index contributed by atoms with van der Waals surface area (Å²) in [4.78, 5) is 0. The van der Waals surface area contributed by atoms with Crippen LogP contribution in [-0.4, -0.2) is 70.9 Å². The van der Waals surface area contributed by atoms with E-state index in [-0.39, 0.29) is 23.0 Å². The SMILES string of the molecule is CCCCNCCC[C@@H](C)[C@H]1CC[C@H]2C([C@@H](CC)OCCCN)[C@@H](C(C)(C)CC[C@H](CC)OCCCN)C[C@H](OCCCN)[C@]12C. The van der Waals surface area contributed by atoms with Crippen molar-refractivity contribution in [2.75, 3.05) is 52.5 Å². The minimum absolute atomic E-state index is 0.142. The molecule has 0 aromatic carbocycles. The highest BCUT2D eigenvalue weighted by atomic mass is 16.5. The Morgan fingerprint density at radius 1 is 0.826 bits per heavy atom. The van der Waals surface area contributed by atoms with E-state index < -0.39 is 0 Å². The standard InChI is InChI=1S/C39H80N4O3/c1-8-11-24-43-25-12-16-30(4)32-17-18-33-37(35(10-3)45-27-14-22-41)34(29-36(39(32,33)7)46-28-15-23-42)38(5,6)20-19-31(9-2)44-26-13-21-40/h30-37,43H,8-29,40-42H2,1-7H3/t30-,31+,32-,33+,34+,35-,36+,37?,39-/m1/s1. The van der Waals surface area contributed by atoms with Gasteiger partial charge in [-0.1, -0.05) is 54.9 Å². The molecule has 0 amide bonds. The number of rotatable bonds is 27. The molecule has 7 N–H and O–H groups in total. The Kier molecular flexibility index (Phi) is 20.4. The van der Waals surface area contributed by atoms with Crippen LogP contribution in [0.2, 0.25) is 0 Å². The van der Waals surface area contributed by atoms with Crippen molar-refractivity contribution in [3.63, 3.8) is 0 Å². The zero-order valence-corrected chi connectivity index (χ0v) is 31.6. The molecule has 7 nitrogen and oxygen atoms in total. The van der Waals surface area contributed by atoms with Crippen LogP contribution < -0.4 is 22.5 Å². The summed E-state index contributed by atoms with van der Waals surface area (Å²) in [6.45, 7) is 23.7. The summed E-state index contributed by atoms with van der Waals surface area (Å²) in [6.07, 6.45) is 16.7. The van der Waals surface area contributed by atoms with Gasteiger partial charge in [-0.3, -0.25) is 0 Å². The van der Waals surface area contributed by atoms with E-state index in [0.717, 1.165) is 84.3 Å². The van der Waals surface area contributed by atoms with Crippen LogP contribution in [0.4, 0.5) is 0 Å². The lowest BCUT2D eigenvalue weighted by molar-refractivity contribution is -0.185. The second-order valence-electron chi connectivity index (χ2n) is 15.8. The van der Waals surface area contributed by atoms with Crippen LogP contribution in [-0.2, 0) is 14.2 Å². The fraction of sp³-hybridized carbons (Fsp3) is 1.00. The van der Waals surface area contributed by atoms with E-state index in [2.05, 4.69) is 53.8 Å². The smallest absolute Gasteiger partial charge is 0.0637 e. The Balaban J connectivity index is 2.40. The Morgan fingerprint density at radius 2 is 1.48 bits per heavy atom. The molecule has 1 unspecified atom stereocenters. The van der Waals surface area contributed by atoms with Gasteiger partial charge in [0, 0.05) is 25.2 Å². The number of ether oxygens (including phenoxy) is 3. The van der Waals surface area contributed by atoms with Gasteiger partial charge in [0.1, 0.15) is 0 Å². The van der Waals surface area contributed by atoms with Gasteiger partial charge in [-0.2, -0.15) is 0 Å². The molecule has 0 spiro atoms. The van der Waals surface area contributed by atoms with Crippen molar-refractivity contribution < 1.29 is 14.2 Å². The molecule has 2 saturated carbocycles. The minimum Gasteiger partial charge on any atom is -0.378 e. The van der Waals surface area contributed by atoms with Crippen molar-refractivity contribution in [2.24, 2.45) is 57.6 Å². The van der Waals surface area contributed by atoms with E-state index in [1.54, 1.807) is 0 Å². The Labute approximate surface area is 286 Å². The average molecular weight is 653 g/mol. The molecule has 0 aromatic heterocycles. The van der Waals surface area contributed by atoms with Gasteiger partial charge in [-0.25, -0.2) is 0 Å². The van der Waals surface area contributed by atoms with E-state index in [1.165, 1.54) is 38.5 Å². The quantitative estimate of drug-likeness (QED) is 0.0689. The number of hydrogen-bond donors (Lipinski definition) is 4. The highest BCUT2D eigenvalue weighted by Gasteiger charge is 2.62. The highest BCUT2D eigenvalue weighted by Crippen LogP contribution is 2.65. The third-order valence-corrected chi connectivity index (χ3v) is 12.3. The van der Waals surface area contributed by atoms with Crippen LogP contribution >= 0.6 is 0 Å². The van der Waals surface area contributed by atoms with Gasteiger partial charge in [0.2, 0.25) is 0 Å². The first-order valence-electron chi connectivity index (χ1n) is 19.8. The second kappa shape index (κ2) is 22.4. The predicted molar refractivity (Wildman–Crippen MR) is 196 cm³/mol.